The summed E-state index contributed by atoms with van der Waals surface area (Å²) in [6, 6.07) is 14.0. The van der Waals surface area contributed by atoms with Crippen molar-refractivity contribution in [1.29, 1.82) is 0 Å². The van der Waals surface area contributed by atoms with E-state index >= 15 is 0 Å². The van der Waals surface area contributed by atoms with Crippen molar-refractivity contribution >= 4 is 51.7 Å². The zero-order valence-electron chi connectivity index (χ0n) is 29.0. The first-order valence-corrected chi connectivity index (χ1v) is 16.9. The molecule has 0 bridgehead atoms. The summed E-state index contributed by atoms with van der Waals surface area (Å²) in [4.78, 5) is 48.2. The third-order valence-electron chi connectivity index (χ3n) is 8.46. The maximum atomic E-state index is 13.5. The molecular formula is C35H41N11O5. The quantitative estimate of drug-likeness (QED) is 0.115. The van der Waals surface area contributed by atoms with Crippen LogP contribution in [0.5, 0.6) is 5.75 Å². The maximum Gasteiger partial charge on any atom is 0.276 e. The molecule has 6 rings (SSSR count). The Labute approximate surface area is 293 Å². The molecule has 4 heterocycles. The molecule has 0 atom stereocenters. The number of imidazole rings is 2. The van der Waals surface area contributed by atoms with E-state index in [1.54, 1.807) is 45.8 Å². The number of amides is 3. The summed E-state index contributed by atoms with van der Waals surface area (Å²) < 4.78 is 12.9. The molecule has 5 N–H and O–H groups in total. The molecule has 0 aliphatic rings. The fraction of sp³-hybridized carbons (Fsp3) is 0.343. The number of nitrogens with zero attached hydrogens (tertiary/aromatic N) is 8. The minimum absolute atomic E-state index is 0.0989. The summed E-state index contributed by atoms with van der Waals surface area (Å²) in [7, 11) is 0. The third-order valence-corrected chi connectivity index (χ3v) is 8.46. The van der Waals surface area contributed by atoms with Crippen molar-refractivity contribution in [3.05, 3.63) is 76.9 Å². The Morgan fingerprint density at radius 1 is 0.804 bits per heavy atom. The van der Waals surface area contributed by atoms with E-state index in [0.29, 0.717) is 84.7 Å². The van der Waals surface area contributed by atoms with Crippen molar-refractivity contribution in [2.75, 3.05) is 23.8 Å². The van der Waals surface area contributed by atoms with Gasteiger partial charge >= 0.3 is 0 Å². The molecule has 0 unspecified atom stereocenters. The Balaban J connectivity index is 1.27. The SMILES string of the molecule is CCn1nc(C)cc1C(=O)Nc1nc2cc(C(N)=O)ccc2n1CCCCn1c(NC(=O)c2cc(C)nn2CC)nc2c(OCCO)cccc21. The van der Waals surface area contributed by atoms with Crippen LogP contribution in [0.4, 0.5) is 11.9 Å². The van der Waals surface area contributed by atoms with E-state index in [-0.39, 0.29) is 25.0 Å². The second-order valence-electron chi connectivity index (χ2n) is 12.0. The highest BCUT2D eigenvalue weighted by Gasteiger charge is 2.21. The smallest absolute Gasteiger partial charge is 0.276 e. The molecule has 0 aliphatic carbocycles. The lowest BCUT2D eigenvalue weighted by molar-refractivity contribution is 0.0995. The standard InChI is InChI=1S/C35H41N11O5/c1-5-45-27(18-21(3)41-45)32(49)39-34-37-24-20-23(31(36)48)12-13-25(24)43(34)14-7-8-15-44-26-10-9-11-29(51-17-16-47)30(26)38-35(44)40-33(50)28-19-22(4)42-46(28)6-2/h9-13,18-20,47H,5-8,14-17H2,1-4H3,(H2,36,48)(H,37,39,49)(H,38,40,50). The van der Waals surface area contributed by atoms with Crippen molar-refractivity contribution in [2.45, 2.75) is 66.7 Å². The van der Waals surface area contributed by atoms with E-state index in [1.165, 1.54) is 0 Å². The van der Waals surface area contributed by atoms with Crippen LogP contribution in [0.25, 0.3) is 22.1 Å². The normalized spacial score (nSPS) is 11.4. The zero-order valence-corrected chi connectivity index (χ0v) is 29.0. The van der Waals surface area contributed by atoms with Gasteiger partial charge in [-0.25, -0.2) is 9.97 Å². The van der Waals surface area contributed by atoms with Crippen LogP contribution in [-0.2, 0) is 26.2 Å². The molecule has 0 saturated heterocycles. The Kier molecular flexibility index (Phi) is 10.1. The summed E-state index contributed by atoms with van der Waals surface area (Å²) >= 11 is 0. The number of primary amides is 1. The number of aliphatic hydroxyl groups is 1. The molecule has 51 heavy (non-hydrogen) atoms. The van der Waals surface area contributed by atoms with Crippen LogP contribution >= 0.6 is 0 Å². The van der Waals surface area contributed by atoms with Crippen LogP contribution in [0.1, 0.15) is 69.4 Å². The van der Waals surface area contributed by atoms with Gasteiger partial charge in [-0.2, -0.15) is 10.2 Å². The Morgan fingerprint density at radius 2 is 1.39 bits per heavy atom. The molecule has 16 nitrogen and oxygen atoms in total. The molecule has 0 saturated carbocycles. The Hall–Kier alpha value is -6.03. The van der Waals surface area contributed by atoms with Gasteiger partial charge in [0.25, 0.3) is 11.8 Å². The summed E-state index contributed by atoms with van der Waals surface area (Å²) in [5, 5.41) is 24.1. The monoisotopic (exact) mass is 695 g/mol. The fourth-order valence-electron chi connectivity index (χ4n) is 6.13. The van der Waals surface area contributed by atoms with Gasteiger partial charge in [0.15, 0.2) is 0 Å². The van der Waals surface area contributed by atoms with Crippen LogP contribution in [0, 0.1) is 13.8 Å². The highest BCUT2D eigenvalue weighted by atomic mass is 16.5. The summed E-state index contributed by atoms with van der Waals surface area (Å²) in [5.41, 5.74) is 10.7. The first kappa shape index (κ1) is 34.8. The first-order chi connectivity index (χ1) is 24.6. The van der Waals surface area contributed by atoms with E-state index in [0.717, 1.165) is 22.4 Å². The number of para-hydroxylation sites is 1. The van der Waals surface area contributed by atoms with Crippen molar-refractivity contribution in [3.63, 3.8) is 0 Å². The predicted octanol–water partition coefficient (Wildman–Crippen LogP) is 3.89. The van der Waals surface area contributed by atoms with Crippen molar-refractivity contribution in [2.24, 2.45) is 5.73 Å². The number of nitrogens with one attached hydrogen (secondary N) is 2. The number of aryl methyl sites for hydroxylation is 6. The number of aromatic nitrogens is 8. The summed E-state index contributed by atoms with van der Waals surface area (Å²) in [6.45, 7) is 9.45. The number of fused-ring (bicyclic) bond motifs is 2. The van der Waals surface area contributed by atoms with E-state index in [9.17, 15) is 19.5 Å². The van der Waals surface area contributed by atoms with Gasteiger partial charge in [-0.05, 0) is 83.0 Å². The second-order valence-corrected chi connectivity index (χ2v) is 12.0. The van der Waals surface area contributed by atoms with Crippen LogP contribution in [0.2, 0.25) is 0 Å². The number of hydrogen-bond donors (Lipinski definition) is 4. The molecule has 266 valence electrons. The Bertz CT molecular complexity index is 2240. The molecule has 0 aliphatic heterocycles. The van der Waals surface area contributed by atoms with Crippen molar-refractivity contribution in [1.82, 2.24) is 38.7 Å². The minimum Gasteiger partial charge on any atom is -0.489 e. The van der Waals surface area contributed by atoms with E-state index in [1.807, 2.05) is 49.0 Å². The van der Waals surface area contributed by atoms with Gasteiger partial charge in [0.2, 0.25) is 17.8 Å². The predicted molar refractivity (Wildman–Crippen MR) is 191 cm³/mol. The van der Waals surface area contributed by atoms with Crippen molar-refractivity contribution < 1.29 is 24.2 Å². The molecule has 0 radical (unpaired) electrons. The lowest BCUT2D eigenvalue weighted by Crippen LogP contribution is -2.20. The third kappa shape index (κ3) is 7.17. The maximum absolute atomic E-state index is 13.5. The van der Waals surface area contributed by atoms with Gasteiger partial charge in [-0.3, -0.25) is 34.4 Å². The number of anilines is 2. The summed E-state index contributed by atoms with van der Waals surface area (Å²) in [5.74, 6) is -0.105. The number of rotatable bonds is 15. The zero-order chi connectivity index (χ0) is 36.2. The molecule has 6 aromatic rings. The average Bonchev–Trinajstić information content (AvgIpc) is 3.87. The Morgan fingerprint density at radius 3 is 1.96 bits per heavy atom. The molecule has 0 fully saturated rings. The van der Waals surface area contributed by atoms with Crippen LogP contribution < -0.4 is 21.1 Å². The molecular weight excluding hydrogens is 654 g/mol. The topological polar surface area (TPSA) is 202 Å². The van der Waals surface area contributed by atoms with Crippen LogP contribution in [0.15, 0.2) is 48.5 Å². The number of ether oxygens (including phenoxy) is 1. The largest absolute Gasteiger partial charge is 0.489 e. The second kappa shape index (κ2) is 14.8. The number of unbranched alkanes of at least 4 members (excludes halogenated alkanes) is 1. The molecule has 2 aromatic carbocycles. The van der Waals surface area contributed by atoms with Crippen molar-refractivity contribution in [3.8, 4) is 5.75 Å². The molecule has 16 heteroatoms. The van der Waals surface area contributed by atoms with Gasteiger partial charge in [-0.15, -0.1) is 0 Å². The first-order valence-electron chi connectivity index (χ1n) is 16.9. The highest BCUT2D eigenvalue weighted by molar-refractivity contribution is 6.04. The van der Waals surface area contributed by atoms with E-state index < -0.39 is 5.91 Å². The average molecular weight is 696 g/mol. The highest BCUT2D eigenvalue weighted by Crippen LogP contribution is 2.30. The van der Waals surface area contributed by atoms with Gasteiger partial charge < -0.3 is 24.7 Å². The lowest BCUT2D eigenvalue weighted by atomic mass is 10.2. The fourth-order valence-corrected chi connectivity index (χ4v) is 6.13. The van der Waals surface area contributed by atoms with E-state index in [4.69, 9.17) is 15.5 Å². The molecule has 3 amide bonds. The lowest BCUT2D eigenvalue weighted by Gasteiger charge is -2.13. The van der Waals surface area contributed by atoms with Gasteiger partial charge in [0.05, 0.1) is 34.5 Å². The van der Waals surface area contributed by atoms with Gasteiger partial charge in [0, 0.05) is 31.7 Å². The van der Waals surface area contributed by atoms with Gasteiger partial charge in [-0.1, -0.05) is 6.07 Å². The number of carbonyl (C=O) groups excluding carboxylic acids is 3. The van der Waals surface area contributed by atoms with Crippen LogP contribution in [0.3, 0.4) is 0 Å². The number of hydrogen-bond acceptors (Lipinski definition) is 9. The van der Waals surface area contributed by atoms with Gasteiger partial charge in [0.1, 0.15) is 29.3 Å². The molecule has 4 aromatic heterocycles. The number of carbonyl (C=O) groups is 3. The van der Waals surface area contributed by atoms with Crippen LogP contribution in [-0.4, -0.2) is 74.7 Å². The minimum atomic E-state index is -0.575. The number of benzene rings is 2. The number of nitrogens with two attached hydrogens (primary N) is 1. The number of aliphatic hydroxyl groups excluding tert-OH is 1. The van der Waals surface area contributed by atoms with E-state index in [2.05, 4.69) is 25.8 Å². The molecule has 0 spiro atoms. The summed E-state index contributed by atoms with van der Waals surface area (Å²) in [6.07, 6.45) is 1.30.